The van der Waals surface area contributed by atoms with Gasteiger partial charge in [-0.3, -0.25) is 4.98 Å². The van der Waals surface area contributed by atoms with Crippen LogP contribution < -0.4 is 10.1 Å². The summed E-state index contributed by atoms with van der Waals surface area (Å²) in [5.41, 5.74) is 1.08. The lowest BCUT2D eigenvalue weighted by atomic mass is 10.1. The topological polar surface area (TPSA) is 59.9 Å². The molecule has 1 N–H and O–H groups in total. The summed E-state index contributed by atoms with van der Waals surface area (Å²) >= 11 is 0. The second kappa shape index (κ2) is 6.13. The minimum atomic E-state index is 0.0861. The Labute approximate surface area is 113 Å². The number of anilines is 1. The molecule has 2 aromatic rings. The van der Waals surface area contributed by atoms with Gasteiger partial charge in [0.1, 0.15) is 0 Å². The first kappa shape index (κ1) is 13.3. The van der Waals surface area contributed by atoms with Gasteiger partial charge in [-0.2, -0.15) is 4.98 Å². The summed E-state index contributed by atoms with van der Waals surface area (Å²) in [6.07, 6.45) is 5.36. The number of pyridine rings is 1. The summed E-state index contributed by atoms with van der Waals surface area (Å²) in [5.74, 6) is 1.13. The van der Waals surface area contributed by atoms with Crippen molar-refractivity contribution in [3.63, 3.8) is 0 Å². The summed E-state index contributed by atoms with van der Waals surface area (Å²) in [5, 5.41) is 3.23. The average Bonchev–Trinajstić information content (AvgIpc) is 2.39. The van der Waals surface area contributed by atoms with E-state index < -0.39 is 0 Å². The third-order valence-electron chi connectivity index (χ3n) is 2.52. The maximum absolute atomic E-state index is 5.54. The van der Waals surface area contributed by atoms with Crippen LogP contribution in [0.3, 0.4) is 0 Å². The Hall–Kier alpha value is -2.17. The number of nitrogens with one attached hydrogen (secondary N) is 1. The van der Waals surface area contributed by atoms with E-state index in [1.54, 1.807) is 18.5 Å². The van der Waals surface area contributed by atoms with Crippen molar-refractivity contribution < 1.29 is 4.74 Å². The molecule has 2 aromatic heterocycles. The molecule has 2 rings (SSSR count). The van der Waals surface area contributed by atoms with Gasteiger partial charge in [-0.1, -0.05) is 6.07 Å². The van der Waals surface area contributed by atoms with Gasteiger partial charge in [0.25, 0.3) is 0 Å². The van der Waals surface area contributed by atoms with Crippen molar-refractivity contribution >= 4 is 5.95 Å². The van der Waals surface area contributed by atoms with Gasteiger partial charge in [-0.25, -0.2) is 4.98 Å². The Morgan fingerprint density at radius 1 is 1.16 bits per heavy atom. The number of nitrogens with zero attached hydrogens (tertiary/aromatic N) is 3. The molecule has 0 aliphatic heterocycles. The number of hydrogen-bond acceptors (Lipinski definition) is 5. The van der Waals surface area contributed by atoms with E-state index in [9.17, 15) is 0 Å². The normalized spacial score (nSPS) is 12.2. The van der Waals surface area contributed by atoms with Crippen molar-refractivity contribution in [2.75, 3.05) is 5.32 Å². The molecule has 1 unspecified atom stereocenters. The van der Waals surface area contributed by atoms with Gasteiger partial charge in [0.05, 0.1) is 12.1 Å². The van der Waals surface area contributed by atoms with Gasteiger partial charge >= 0.3 is 0 Å². The summed E-state index contributed by atoms with van der Waals surface area (Å²) in [6.45, 7) is 5.97. The molecule has 0 saturated carbocycles. The van der Waals surface area contributed by atoms with Crippen LogP contribution in [0.1, 0.15) is 32.4 Å². The minimum absolute atomic E-state index is 0.0861. The Bertz CT molecular complexity index is 516. The highest BCUT2D eigenvalue weighted by atomic mass is 16.5. The maximum atomic E-state index is 5.54. The molecular formula is C14H18N4O. The highest BCUT2D eigenvalue weighted by Crippen LogP contribution is 2.17. The van der Waals surface area contributed by atoms with Crippen LogP contribution in [-0.2, 0) is 0 Å². The third kappa shape index (κ3) is 3.91. The predicted molar refractivity (Wildman–Crippen MR) is 74.1 cm³/mol. The van der Waals surface area contributed by atoms with Gasteiger partial charge in [0.2, 0.25) is 11.8 Å². The van der Waals surface area contributed by atoms with Crippen LogP contribution in [-0.4, -0.2) is 21.1 Å². The molecule has 0 bridgehead atoms. The van der Waals surface area contributed by atoms with Crippen molar-refractivity contribution in [3.05, 3.63) is 42.4 Å². The fraction of sp³-hybridized carbons (Fsp3) is 0.357. The zero-order chi connectivity index (χ0) is 13.7. The van der Waals surface area contributed by atoms with Gasteiger partial charge in [-0.15, -0.1) is 0 Å². The maximum Gasteiger partial charge on any atom is 0.226 e. The molecule has 0 radical (unpaired) electrons. The van der Waals surface area contributed by atoms with E-state index >= 15 is 0 Å². The van der Waals surface area contributed by atoms with Crippen LogP contribution >= 0.6 is 0 Å². The van der Waals surface area contributed by atoms with E-state index in [1.807, 2.05) is 39.1 Å². The zero-order valence-electron chi connectivity index (χ0n) is 11.4. The largest absolute Gasteiger partial charge is 0.475 e. The van der Waals surface area contributed by atoms with E-state index in [-0.39, 0.29) is 12.1 Å². The lowest BCUT2D eigenvalue weighted by Gasteiger charge is -2.14. The van der Waals surface area contributed by atoms with E-state index in [1.165, 1.54) is 0 Å². The molecule has 0 aromatic carbocycles. The summed E-state index contributed by atoms with van der Waals surface area (Å²) in [4.78, 5) is 12.6. The van der Waals surface area contributed by atoms with Crippen molar-refractivity contribution in [1.82, 2.24) is 15.0 Å². The first-order chi connectivity index (χ1) is 9.15. The van der Waals surface area contributed by atoms with Crippen LogP contribution in [0.5, 0.6) is 5.88 Å². The van der Waals surface area contributed by atoms with E-state index in [0.717, 1.165) is 5.56 Å². The molecule has 5 nitrogen and oxygen atoms in total. The molecule has 0 aliphatic rings. The van der Waals surface area contributed by atoms with Gasteiger partial charge < -0.3 is 10.1 Å². The minimum Gasteiger partial charge on any atom is -0.475 e. The molecule has 1 atom stereocenters. The lowest BCUT2D eigenvalue weighted by Crippen LogP contribution is -2.11. The smallest absolute Gasteiger partial charge is 0.226 e. The third-order valence-corrected chi connectivity index (χ3v) is 2.52. The van der Waals surface area contributed by atoms with E-state index in [0.29, 0.717) is 11.8 Å². The van der Waals surface area contributed by atoms with Crippen molar-refractivity contribution in [1.29, 1.82) is 0 Å². The quantitative estimate of drug-likeness (QED) is 0.893. The summed E-state index contributed by atoms with van der Waals surface area (Å²) in [7, 11) is 0. The Balaban J connectivity index is 2.06. The standard InChI is InChI=1S/C14H18N4O/c1-10(2)19-13-6-8-16-14(18-13)17-11(3)12-5-4-7-15-9-12/h4-11H,1-3H3,(H,16,17,18). The highest BCUT2D eigenvalue weighted by molar-refractivity contribution is 5.32. The van der Waals surface area contributed by atoms with Crippen molar-refractivity contribution in [3.8, 4) is 5.88 Å². The molecule has 5 heteroatoms. The van der Waals surface area contributed by atoms with Crippen LogP contribution in [0.2, 0.25) is 0 Å². The molecule has 0 aliphatic carbocycles. The number of aromatic nitrogens is 3. The molecule has 19 heavy (non-hydrogen) atoms. The SMILES string of the molecule is CC(C)Oc1ccnc(NC(C)c2cccnc2)n1. The molecule has 100 valence electrons. The highest BCUT2D eigenvalue weighted by Gasteiger charge is 2.08. The fourth-order valence-electron chi connectivity index (χ4n) is 1.63. The second-order valence-corrected chi connectivity index (χ2v) is 4.54. The Morgan fingerprint density at radius 2 is 2.00 bits per heavy atom. The van der Waals surface area contributed by atoms with Gasteiger partial charge in [0, 0.05) is 24.7 Å². The lowest BCUT2D eigenvalue weighted by molar-refractivity contribution is 0.232. The van der Waals surface area contributed by atoms with Gasteiger partial charge in [-0.05, 0) is 32.4 Å². The molecule has 0 amide bonds. The van der Waals surface area contributed by atoms with Crippen LogP contribution in [0.4, 0.5) is 5.95 Å². The zero-order valence-corrected chi connectivity index (χ0v) is 11.4. The fourth-order valence-corrected chi connectivity index (χ4v) is 1.63. The first-order valence-electron chi connectivity index (χ1n) is 6.31. The van der Waals surface area contributed by atoms with Crippen LogP contribution in [0.15, 0.2) is 36.8 Å². The van der Waals surface area contributed by atoms with Crippen molar-refractivity contribution in [2.45, 2.75) is 32.9 Å². The average molecular weight is 258 g/mol. The Kier molecular flexibility index (Phi) is 4.28. The summed E-state index contributed by atoms with van der Waals surface area (Å²) in [6, 6.07) is 5.76. The number of hydrogen-bond donors (Lipinski definition) is 1. The second-order valence-electron chi connectivity index (χ2n) is 4.54. The van der Waals surface area contributed by atoms with E-state index in [4.69, 9.17) is 4.74 Å². The van der Waals surface area contributed by atoms with E-state index in [2.05, 4.69) is 20.3 Å². The monoisotopic (exact) mass is 258 g/mol. The predicted octanol–water partition coefficient (Wildman–Crippen LogP) is 2.83. The first-order valence-corrected chi connectivity index (χ1v) is 6.31. The Morgan fingerprint density at radius 3 is 2.68 bits per heavy atom. The molecule has 0 spiro atoms. The van der Waals surface area contributed by atoms with Crippen LogP contribution in [0.25, 0.3) is 0 Å². The van der Waals surface area contributed by atoms with Crippen LogP contribution in [0, 0.1) is 0 Å². The van der Waals surface area contributed by atoms with Crippen molar-refractivity contribution in [2.24, 2.45) is 0 Å². The molecule has 2 heterocycles. The molecule has 0 saturated heterocycles. The number of rotatable bonds is 5. The summed E-state index contributed by atoms with van der Waals surface area (Å²) < 4.78 is 5.54. The van der Waals surface area contributed by atoms with Gasteiger partial charge in [0.15, 0.2) is 0 Å². The molecule has 0 fully saturated rings. The number of ether oxygens (including phenoxy) is 1. The molecular weight excluding hydrogens is 240 g/mol.